The Hall–Kier alpha value is -4.82. The van der Waals surface area contributed by atoms with Gasteiger partial charge in [0.2, 0.25) is 5.78 Å². The summed E-state index contributed by atoms with van der Waals surface area (Å²) in [6.45, 7) is 3.29. The van der Waals surface area contributed by atoms with E-state index in [0.29, 0.717) is 26.7 Å². The third kappa shape index (κ3) is 5.28. The molecule has 0 saturated heterocycles. The number of anilines is 2. The van der Waals surface area contributed by atoms with Gasteiger partial charge in [-0.2, -0.15) is 5.10 Å². The molecule has 2 aromatic heterocycles. The van der Waals surface area contributed by atoms with Crippen molar-refractivity contribution >= 4 is 39.6 Å². The summed E-state index contributed by atoms with van der Waals surface area (Å²) in [5, 5.41) is 8.20. The van der Waals surface area contributed by atoms with Gasteiger partial charge in [0, 0.05) is 24.4 Å². The number of rotatable bonds is 9. The summed E-state index contributed by atoms with van der Waals surface area (Å²) in [4.78, 5) is 40.5. The number of nitrogens with zero attached hydrogens (tertiary/aromatic N) is 2. The number of para-hydroxylation sites is 2. The third-order valence-electron chi connectivity index (χ3n) is 6.00. The number of carbonyl (C=O) groups is 3. The Morgan fingerprint density at radius 2 is 1.51 bits per heavy atom. The minimum atomic E-state index is -0.545. The molecule has 0 aliphatic rings. The second kappa shape index (κ2) is 11.3. The SMILES string of the molecule is CCOC(=O)c1c(Nc2ccccc2)sc(C(=O)c2cn(-c3ccccc3)nc2C(C)=O)c1-c1ccccc1. The largest absolute Gasteiger partial charge is 0.462 e. The molecular weight excluding hydrogens is 510 g/mol. The molecule has 5 aromatic rings. The zero-order chi connectivity index (χ0) is 27.4. The van der Waals surface area contributed by atoms with Crippen molar-refractivity contribution in [1.82, 2.24) is 9.78 Å². The van der Waals surface area contributed by atoms with Crippen molar-refractivity contribution in [2.24, 2.45) is 0 Å². The molecule has 1 N–H and O–H groups in total. The van der Waals surface area contributed by atoms with Crippen molar-refractivity contribution in [2.45, 2.75) is 13.8 Å². The van der Waals surface area contributed by atoms with E-state index in [0.717, 1.165) is 17.0 Å². The molecule has 39 heavy (non-hydrogen) atoms. The number of ether oxygens (including phenoxy) is 1. The molecule has 5 rings (SSSR count). The van der Waals surface area contributed by atoms with Gasteiger partial charge >= 0.3 is 5.97 Å². The number of ketones is 2. The number of aromatic nitrogens is 2. The summed E-state index contributed by atoms with van der Waals surface area (Å²) in [5.41, 5.74) is 3.08. The second-order valence-electron chi connectivity index (χ2n) is 8.64. The first-order valence-electron chi connectivity index (χ1n) is 12.4. The highest BCUT2D eigenvalue weighted by Gasteiger charge is 2.32. The number of esters is 1. The predicted octanol–water partition coefficient (Wildman–Crippen LogP) is 6.95. The molecule has 0 saturated carbocycles. The molecule has 0 bridgehead atoms. The average Bonchev–Trinajstić information content (AvgIpc) is 3.57. The maximum Gasteiger partial charge on any atom is 0.341 e. The van der Waals surface area contributed by atoms with Gasteiger partial charge in [0.15, 0.2) is 5.78 Å². The van der Waals surface area contributed by atoms with Gasteiger partial charge in [-0.1, -0.05) is 66.7 Å². The van der Waals surface area contributed by atoms with Crippen LogP contribution in [0.25, 0.3) is 16.8 Å². The number of thiophene rings is 1. The number of benzene rings is 3. The van der Waals surface area contributed by atoms with Crippen LogP contribution >= 0.6 is 11.3 Å². The zero-order valence-corrected chi connectivity index (χ0v) is 22.2. The standard InChI is InChI=1S/C31H25N3O4S/c1-3-38-31(37)26-25(21-13-7-4-8-14-21)29(39-30(26)32-22-15-9-5-10-16-22)28(36)24-19-34(33-27(24)20(2)35)23-17-11-6-12-18-23/h4-19,32H,3H2,1-2H3. The minimum absolute atomic E-state index is 0.0616. The van der Waals surface area contributed by atoms with Crippen molar-refractivity contribution in [1.29, 1.82) is 0 Å². The summed E-state index contributed by atoms with van der Waals surface area (Å²) < 4.78 is 6.96. The maximum atomic E-state index is 14.2. The number of Topliss-reactive ketones (excluding diaryl/α,β-unsaturated/α-hetero) is 1. The van der Waals surface area contributed by atoms with Crippen LogP contribution in [0.15, 0.2) is 97.2 Å². The topological polar surface area (TPSA) is 90.3 Å². The molecule has 0 amide bonds. The highest BCUT2D eigenvalue weighted by atomic mass is 32.1. The summed E-state index contributed by atoms with van der Waals surface area (Å²) in [6, 6.07) is 27.9. The summed E-state index contributed by atoms with van der Waals surface area (Å²) in [7, 11) is 0. The smallest absolute Gasteiger partial charge is 0.341 e. The fourth-order valence-electron chi connectivity index (χ4n) is 4.25. The lowest BCUT2D eigenvalue weighted by Crippen LogP contribution is -2.09. The third-order valence-corrected chi connectivity index (χ3v) is 7.11. The molecule has 0 aliphatic carbocycles. The molecule has 2 heterocycles. The Morgan fingerprint density at radius 3 is 2.13 bits per heavy atom. The predicted molar refractivity (Wildman–Crippen MR) is 152 cm³/mol. The normalized spacial score (nSPS) is 10.7. The monoisotopic (exact) mass is 535 g/mol. The number of hydrogen-bond acceptors (Lipinski definition) is 7. The summed E-state index contributed by atoms with van der Waals surface area (Å²) in [6.07, 6.45) is 1.57. The van der Waals surface area contributed by atoms with Crippen LogP contribution < -0.4 is 5.32 Å². The van der Waals surface area contributed by atoms with Crippen LogP contribution in [0.1, 0.15) is 49.9 Å². The van der Waals surface area contributed by atoms with E-state index < -0.39 is 11.8 Å². The number of carbonyl (C=O) groups excluding carboxylic acids is 3. The molecule has 7 nitrogen and oxygen atoms in total. The van der Waals surface area contributed by atoms with E-state index in [4.69, 9.17) is 4.74 Å². The molecule has 0 unspecified atom stereocenters. The van der Waals surface area contributed by atoms with Crippen LogP contribution in [0.2, 0.25) is 0 Å². The van der Waals surface area contributed by atoms with Gasteiger partial charge in [0.1, 0.15) is 16.3 Å². The van der Waals surface area contributed by atoms with E-state index in [2.05, 4.69) is 10.4 Å². The molecule has 0 spiro atoms. The molecule has 3 aromatic carbocycles. The number of hydrogen-bond donors (Lipinski definition) is 1. The first-order valence-corrected chi connectivity index (χ1v) is 13.2. The molecule has 0 radical (unpaired) electrons. The first-order chi connectivity index (χ1) is 19.0. The van der Waals surface area contributed by atoms with Gasteiger partial charge in [0.05, 0.1) is 22.7 Å². The lowest BCUT2D eigenvalue weighted by Gasteiger charge is -2.10. The van der Waals surface area contributed by atoms with Crippen molar-refractivity contribution in [3.63, 3.8) is 0 Å². The lowest BCUT2D eigenvalue weighted by atomic mass is 9.97. The van der Waals surface area contributed by atoms with Crippen LogP contribution in [0, 0.1) is 0 Å². The Bertz CT molecular complexity index is 1640. The molecular formula is C31H25N3O4S. The van der Waals surface area contributed by atoms with Gasteiger partial charge in [-0.15, -0.1) is 11.3 Å². The van der Waals surface area contributed by atoms with Gasteiger partial charge in [-0.05, 0) is 36.8 Å². The highest BCUT2D eigenvalue weighted by Crippen LogP contribution is 2.43. The minimum Gasteiger partial charge on any atom is -0.462 e. The molecule has 0 atom stereocenters. The van der Waals surface area contributed by atoms with Crippen LogP contribution in [0.4, 0.5) is 10.7 Å². The quantitative estimate of drug-likeness (QED) is 0.162. The van der Waals surface area contributed by atoms with E-state index in [1.54, 1.807) is 13.1 Å². The van der Waals surface area contributed by atoms with E-state index in [1.807, 2.05) is 91.0 Å². The molecule has 0 aliphatic heterocycles. The first kappa shape index (κ1) is 25.8. The molecule has 194 valence electrons. The van der Waals surface area contributed by atoms with E-state index >= 15 is 0 Å². The zero-order valence-electron chi connectivity index (χ0n) is 21.4. The van der Waals surface area contributed by atoms with Crippen LogP contribution in [0.5, 0.6) is 0 Å². The van der Waals surface area contributed by atoms with Crippen LogP contribution in [-0.2, 0) is 4.74 Å². The highest BCUT2D eigenvalue weighted by molar-refractivity contribution is 7.19. The summed E-state index contributed by atoms with van der Waals surface area (Å²) in [5.74, 6) is -1.28. The summed E-state index contributed by atoms with van der Waals surface area (Å²) >= 11 is 1.15. The average molecular weight is 536 g/mol. The van der Waals surface area contributed by atoms with E-state index in [9.17, 15) is 14.4 Å². The van der Waals surface area contributed by atoms with Crippen molar-refractivity contribution in [2.75, 3.05) is 11.9 Å². The van der Waals surface area contributed by atoms with Crippen molar-refractivity contribution in [3.8, 4) is 16.8 Å². The maximum absolute atomic E-state index is 14.2. The molecule has 8 heteroatoms. The van der Waals surface area contributed by atoms with E-state index in [1.165, 1.54) is 11.6 Å². The number of nitrogens with one attached hydrogen (secondary N) is 1. The fourth-order valence-corrected chi connectivity index (χ4v) is 5.43. The fraction of sp³-hybridized carbons (Fsp3) is 0.0968. The lowest BCUT2D eigenvalue weighted by molar-refractivity contribution is 0.0529. The Balaban J connectivity index is 1.72. The van der Waals surface area contributed by atoms with Gasteiger partial charge < -0.3 is 10.1 Å². The van der Waals surface area contributed by atoms with Crippen molar-refractivity contribution in [3.05, 3.63) is 119 Å². The van der Waals surface area contributed by atoms with Gasteiger partial charge in [-0.25, -0.2) is 9.48 Å². The van der Waals surface area contributed by atoms with Crippen LogP contribution in [-0.4, -0.2) is 33.9 Å². The Morgan fingerprint density at radius 1 is 0.897 bits per heavy atom. The van der Waals surface area contributed by atoms with E-state index in [-0.39, 0.29) is 29.2 Å². The Labute approximate surface area is 229 Å². The van der Waals surface area contributed by atoms with Gasteiger partial charge in [-0.3, -0.25) is 9.59 Å². The van der Waals surface area contributed by atoms with Crippen LogP contribution in [0.3, 0.4) is 0 Å². The molecule has 0 fully saturated rings. The van der Waals surface area contributed by atoms with Crippen molar-refractivity contribution < 1.29 is 19.1 Å². The second-order valence-corrected chi connectivity index (χ2v) is 9.67. The van der Waals surface area contributed by atoms with Gasteiger partial charge in [0.25, 0.3) is 0 Å². The Kier molecular flexibility index (Phi) is 7.47.